The third kappa shape index (κ3) is 2.44. The Labute approximate surface area is 134 Å². The number of nitrogens with one attached hydrogen (secondary N) is 1. The molecule has 0 unspecified atom stereocenters. The molecule has 1 atom stereocenters. The van der Waals surface area contributed by atoms with Gasteiger partial charge in [0.05, 0.1) is 11.4 Å². The number of H-pyrrole nitrogens is 1. The number of imidazole rings is 1. The van der Waals surface area contributed by atoms with E-state index in [2.05, 4.69) is 4.98 Å². The van der Waals surface area contributed by atoms with Crippen LogP contribution in [0.5, 0.6) is 0 Å². The Morgan fingerprint density at radius 1 is 1.50 bits per heavy atom. The third-order valence-corrected chi connectivity index (χ3v) is 4.45. The van der Waals surface area contributed by atoms with Gasteiger partial charge in [0.15, 0.2) is 4.77 Å². The predicted molar refractivity (Wildman–Crippen MR) is 78.8 cm³/mol. The normalized spacial score (nSPS) is 16.8. The van der Waals surface area contributed by atoms with Crippen molar-refractivity contribution in [2.24, 2.45) is 0 Å². The van der Waals surface area contributed by atoms with Crippen LogP contribution >= 0.6 is 23.8 Å². The minimum Gasteiger partial charge on any atom is -0.481 e. The molecule has 2 heterocycles. The van der Waals surface area contributed by atoms with Crippen LogP contribution in [-0.4, -0.2) is 20.6 Å². The largest absolute Gasteiger partial charge is 0.481 e. The molecule has 0 fully saturated rings. The average molecular weight is 345 g/mol. The smallest absolute Gasteiger partial charge is 0.309 e. The van der Waals surface area contributed by atoms with Crippen molar-refractivity contribution < 1.29 is 18.7 Å². The van der Waals surface area contributed by atoms with E-state index in [1.54, 1.807) is 4.57 Å². The van der Waals surface area contributed by atoms with Gasteiger partial charge in [-0.2, -0.15) is 0 Å². The lowest BCUT2D eigenvalue weighted by molar-refractivity contribution is -0.136. The molecule has 3 rings (SSSR count). The molecule has 0 spiro atoms. The maximum Gasteiger partial charge on any atom is 0.309 e. The van der Waals surface area contributed by atoms with Gasteiger partial charge in [0.1, 0.15) is 11.6 Å². The van der Waals surface area contributed by atoms with Crippen LogP contribution in [0.2, 0.25) is 5.02 Å². The first kappa shape index (κ1) is 15.2. The summed E-state index contributed by atoms with van der Waals surface area (Å²) in [5.74, 6) is -2.89. The second-order valence-electron chi connectivity index (χ2n) is 5.19. The Hall–Kier alpha value is -1.73. The van der Waals surface area contributed by atoms with Gasteiger partial charge in [-0.05, 0) is 30.8 Å². The van der Waals surface area contributed by atoms with Crippen LogP contribution < -0.4 is 0 Å². The number of carboxylic acid groups (broad SMARTS) is 1. The Bertz CT molecular complexity index is 831. The molecule has 8 heteroatoms. The molecule has 4 nitrogen and oxygen atoms in total. The summed E-state index contributed by atoms with van der Waals surface area (Å²) in [4.78, 5) is 13.7. The summed E-state index contributed by atoms with van der Waals surface area (Å²) in [6.45, 7) is 0.290. The molecule has 2 aromatic rings. The van der Waals surface area contributed by atoms with Crippen LogP contribution in [0.25, 0.3) is 0 Å². The molecule has 1 aliphatic rings. The molecule has 1 aliphatic heterocycles. The molecule has 2 N–H and O–H groups in total. The maximum atomic E-state index is 14.1. The lowest BCUT2D eigenvalue weighted by Crippen LogP contribution is -2.08. The highest BCUT2D eigenvalue weighted by molar-refractivity contribution is 7.71. The second-order valence-corrected chi connectivity index (χ2v) is 5.99. The number of halogens is 3. The molecule has 0 saturated carbocycles. The number of carbonyl (C=O) groups is 1. The maximum absolute atomic E-state index is 14.1. The molecular weight excluding hydrogens is 334 g/mol. The monoisotopic (exact) mass is 344 g/mol. The third-order valence-electron chi connectivity index (χ3n) is 3.84. The molecule has 0 aliphatic carbocycles. The van der Waals surface area contributed by atoms with Crippen LogP contribution in [-0.2, 0) is 24.2 Å². The molecule has 0 bridgehead atoms. The fraction of sp³-hybridized carbons (Fsp3) is 0.286. The molecule has 1 aromatic carbocycles. The molecule has 22 heavy (non-hydrogen) atoms. The highest BCUT2D eigenvalue weighted by Crippen LogP contribution is 2.36. The van der Waals surface area contributed by atoms with Crippen molar-refractivity contribution in [2.75, 3.05) is 0 Å². The number of aromatic amines is 1. The van der Waals surface area contributed by atoms with E-state index in [9.17, 15) is 13.6 Å². The van der Waals surface area contributed by atoms with Gasteiger partial charge in [-0.15, -0.1) is 0 Å². The highest BCUT2D eigenvalue weighted by atomic mass is 35.5. The summed E-state index contributed by atoms with van der Waals surface area (Å²) in [5, 5.41) is 8.78. The zero-order valence-electron chi connectivity index (χ0n) is 11.2. The fourth-order valence-corrected chi connectivity index (χ4v) is 3.38. The van der Waals surface area contributed by atoms with Crippen molar-refractivity contribution in [1.29, 1.82) is 0 Å². The van der Waals surface area contributed by atoms with E-state index < -0.39 is 23.5 Å². The van der Waals surface area contributed by atoms with Crippen LogP contribution in [0.15, 0.2) is 12.1 Å². The number of aromatic nitrogens is 2. The Morgan fingerprint density at radius 3 is 2.91 bits per heavy atom. The van der Waals surface area contributed by atoms with Gasteiger partial charge in [-0.3, -0.25) is 4.79 Å². The number of benzene rings is 1. The Morgan fingerprint density at radius 2 is 2.23 bits per heavy atom. The number of rotatable bonds is 3. The van der Waals surface area contributed by atoms with Crippen LogP contribution in [0, 0.1) is 16.4 Å². The van der Waals surface area contributed by atoms with E-state index in [0.717, 1.165) is 6.07 Å². The first-order valence-corrected chi connectivity index (χ1v) is 7.32. The van der Waals surface area contributed by atoms with E-state index in [1.807, 2.05) is 0 Å². The van der Waals surface area contributed by atoms with E-state index >= 15 is 0 Å². The van der Waals surface area contributed by atoms with E-state index in [0.29, 0.717) is 29.1 Å². The molecule has 0 amide bonds. The topological polar surface area (TPSA) is 58.0 Å². The summed E-state index contributed by atoms with van der Waals surface area (Å²) in [6, 6.07) is 2.31. The predicted octanol–water partition coefficient (Wildman–Crippen LogP) is 3.44. The first-order chi connectivity index (χ1) is 10.4. The zero-order chi connectivity index (χ0) is 16.0. The summed E-state index contributed by atoms with van der Waals surface area (Å²) in [5.41, 5.74) is 1.07. The molecule has 116 valence electrons. The van der Waals surface area contributed by atoms with Gasteiger partial charge < -0.3 is 14.7 Å². The minimum absolute atomic E-state index is 0.0770. The summed E-state index contributed by atoms with van der Waals surface area (Å²) in [6.07, 6.45) is 0.100. The fourth-order valence-electron chi connectivity index (χ4n) is 2.91. The first-order valence-electron chi connectivity index (χ1n) is 6.54. The standard InChI is InChI=1S/C14H11ClF2N2O2S/c15-7-1-2-8(16)12(13(7)17)6-3-10-9(4-11(20)21)18-14(22)19(10)5-6/h1-2,6H,3-5H2,(H,18,22)(H,20,21)/t6-/m1/s1. The number of hydrogen-bond acceptors (Lipinski definition) is 2. The number of nitrogens with zero attached hydrogens (tertiary/aromatic N) is 1. The van der Waals surface area contributed by atoms with E-state index in [4.69, 9.17) is 28.9 Å². The molecule has 0 radical (unpaired) electrons. The van der Waals surface area contributed by atoms with Crippen molar-refractivity contribution >= 4 is 29.8 Å². The van der Waals surface area contributed by atoms with Crippen LogP contribution in [0.4, 0.5) is 8.78 Å². The lowest BCUT2D eigenvalue weighted by atomic mass is 9.95. The van der Waals surface area contributed by atoms with Crippen molar-refractivity contribution in [3.8, 4) is 0 Å². The Kier molecular flexibility index (Phi) is 3.78. The zero-order valence-corrected chi connectivity index (χ0v) is 12.8. The number of aliphatic carboxylic acids is 1. The second kappa shape index (κ2) is 5.48. The van der Waals surface area contributed by atoms with Gasteiger partial charge >= 0.3 is 5.97 Å². The van der Waals surface area contributed by atoms with Crippen molar-refractivity contribution in [3.63, 3.8) is 0 Å². The SMILES string of the molecule is O=C(O)Cc1[nH]c(=S)n2c1C[C@@H](c1c(F)ccc(Cl)c1F)C2. The van der Waals surface area contributed by atoms with Gasteiger partial charge in [0.25, 0.3) is 0 Å². The lowest BCUT2D eigenvalue weighted by Gasteiger charge is -2.13. The van der Waals surface area contributed by atoms with Gasteiger partial charge in [-0.25, -0.2) is 8.78 Å². The van der Waals surface area contributed by atoms with Crippen molar-refractivity contribution in [1.82, 2.24) is 9.55 Å². The number of fused-ring (bicyclic) bond motifs is 1. The average Bonchev–Trinajstić information content (AvgIpc) is 2.97. The summed E-state index contributed by atoms with van der Waals surface area (Å²) < 4.78 is 30.2. The highest BCUT2D eigenvalue weighted by Gasteiger charge is 2.31. The van der Waals surface area contributed by atoms with Gasteiger partial charge in [0, 0.05) is 29.4 Å². The molecular formula is C14H11ClF2N2O2S. The summed E-state index contributed by atoms with van der Waals surface area (Å²) >= 11 is 10.9. The van der Waals surface area contributed by atoms with E-state index in [-0.39, 0.29) is 17.0 Å². The molecule has 0 saturated heterocycles. The van der Waals surface area contributed by atoms with Gasteiger partial charge in [-0.1, -0.05) is 11.6 Å². The van der Waals surface area contributed by atoms with Gasteiger partial charge in [0.2, 0.25) is 0 Å². The Balaban J connectivity index is 2.01. The van der Waals surface area contributed by atoms with Crippen LogP contribution in [0.1, 0.15) is 22.9 Å². The summed E-state index contributed by atoms with van der Waals surface area (Å²) in [7, 11) is 0. The molecule has 1 aromatic heterocycles. The minimum atomic E-state index is -0.997. The van der Waals surface area contributed by atoms with Crippen molar-refractivity contribution in [2.45, 2.75) is 25.3 Å². The van der Waals surface area contributed by atoms with E-state index in [1.165, 1.54) is 6.07 Å². The van der Waals surface area contributed by atoms with Crippen molar-refractivity contribution in [3.05, 3.63) is 50.5 Å². The quantitative estimate of drug-likeness (QED) is 0.662. The number of carboxylic acids is 1. The number of hydrogen-bond donors (Lipinski definition) is 2. The van der Waals surface area contributed by atoms with Crippen LogP contribution in [0.3, 0.4) is 0 Å².